The van der Waals surface area contributed by atoms with Gasteiger partial charge in [-0.3, -0.25) is 9.59 Å². The molecule has 1 aromatic heterocycles. The Bertz CT molecular complexity index is 436. The Hall–Kier alpha value is -1.69. The number of amides is 2. The molecule has 0 aliphatic heterocycles. The third-order valence-corrected chi connectivity index (χ3v) is 3.60. The van der Waals surface area contributed by atoms with Crippen LogP contribution in [0.25, 0.3) is 0 Å². The second-order valence-electron chi connectivity index (χ2n) is 4.17. The Balaban J connectivity index is 1.75. The Labute approximate surface area is 109 Å². The molecule has 0 saturated heterocycles. The summed E-state index contributed by atoms with van der Waals surface area (Å²) in [4.78, 5) is 23.8. The number of nitrogens with one attached hydrogen (secondary N) is 2. The maximum absolute atomic E-state index is 11.5. The third-order valence-electron chi connectivity index (χ3n) is 2.80. The lowest BCUT2D eigenvalue weighted by Gasteiger charge is -2.09. The number of nitrogens with zero attached hydrogens (tertiary/aromatic N) is 1. The van der Waals surface area contributed by atoms with Crippen molar-refractivity contribution in [1.82, 2.24) is 10.7 Å². The zero-order valence-corrected chi connectivity index (χ0v) is 10.7. The van der Waals surface area contributed by atoms with E-state index in [2.05, 4.69) is 15.8 Å². The first-order valence-corrected chi connectivity index (χ1v) is 6.81. The Morgan fingerprint density at radius 3 is 2.78 bits per heavy atom. The molecule has 1 saturated carbocycles. The van der Waals surface area contributed by atoms with Crippen LogP contribution in [0.3, 0.4) is 0 Å². The van der Waals surface area contributed by atoms with Crippen molar-refractivity contribution in [3.63, 3.8) is 0 Å². The number of hydrogen-bond donors (Lipinski definition) is 2. The number of hydrazone groups is 1. The molecule has 1 aromatic rings. The Morgan fingerprint density at radius 1 is 1.33 bits per heavy atom. The Morgan fingerprint density at radius 2 is 2.11 bits per heavy atom. The van der Waals surface area contributed by atoms with Crippen LogP contribution in [-0.2, 0) is 9.59 Å². The van der Waals surface area contributed by atoms with E-state index in [4.69, 9.17) is 0 Å². The molecule has 96 valence electrons. The molecule has 0 atom stereocenters. The van der Waals surface area contributed by atoms with Gasteiger partial charge in [0.15, 0.2) is 0 Å². The SMILES string of the molecule is O=C(NN=Cc1cccs1)C(=O)NC1CCCC1. The van der Waals surface area contributed by atoms with Gasteiger partial charge in [0.1, 0.15) is 0 Å². The molecule has 6 heteroatoms. The second kappa shape index (κ2) is 6.30. The molecule has 0 aromatic carbocycles. The third kappa shape index (κ3) is 3.66. The Kier molecular flexibility index (Phi) is 4.46. The van der Waals surface area contributed by atoms with Crippen LogP contribution in [0, 0.1) is 0 Å². The lowest BCUT2D eigenvalue weighted by Crippen LogP contribution is -2.42. The maximum Gasteiger partial charge on any atom is 0.329 e. The van der Waals surface area contributed by atoms with Gasteiger partial charge in [-0.15, -0.1) is 11.3 Å². The van der Waals surface area contributed by atoms with Gasteiger partial charge in [-0.2, -0.15) is 5.10 Å². The van der Waals surface area contributed by atoms with Crippen LogP contribution in [-0.4, -0.2) is 24.1 Å². The molecule has 18 heavy (non-hydrogen) atoms. The summed E-state index contributed by atoms with van der Waals surface area (Å²) in [5, 5.41) is 8.35. The topological polar surface area (TPSA) is 70.6 Å². The lowest BCUT2D eigenvalue weighted by atomic mass is 10.2. The van der Waals surface area contributed by atoms with Gasteiger partial charge >= 0.3 is 11.8 Å². The number of carbonyl (C=O) groups is 2. The number of carbonyl (C=O) groups excluding carboxylic acids is 2. The van der Waals surface area contributed by atoms with E-state index in [-0.39, 0.29) is 6.04 Å². The van der Waals surface area contributed by atoms with Gasteiger partial charge < -0.3 is 5.32 Å². The van der Waals surface area contributed by atoms with Crippen molar-refractivity contribution < 1.29 is 9.59 Å². The minimum Gasteiger partial charge on any atom is -0.345 e. The van der Waals surface area contributed by atoms with Gasteiger partial charge in [-0.05, 0) is 24.3 Å². The summed E-state index contributed by atoms with van der Waals surface area (Å²) in [5.41, 5.74) is 2.22. The van der Waals surface area contributed by atoms with E-state index in [0.29, 0.717) is 0 Å². The fourth-order valence-electron chi connectivity index (χ4n) is 1.89. The largest absolute Gasteiger partial charge is 0.345 e. The summed E-state index contributed by atoms with van der Waals surface area (Å²) < 4.78 is 0. The smallest absolute Gasteiger partial charge is 0.329 e. The molecule has 5 nitrogen and oxygen atoms in total. The monoisotopic (exact) mass is 265 g/mol. The van der Waals surface area contributed by atoms with Crippen molar-refractivity contribution in [2.45, 2.75) is 31.7 Å². The molecule has 0 radical (unpaired) electrons. The minimum absolute atomic E-state index is 0.143. The van der Waals surface area contributed by atoms with Gasteiger partial charge in [-0.1, -0.05) is 18.9 Å². The highest BCUT2D eigenvalue weighted by atomic mass is 32.1. The fourth-order valence-corrected chi connectivity index (χ4v) is 2.48. The van der Waals surface area contributed by atoms with Crippen LogP contribution in [0.5, 0.6) is 0 Å². The van der Waals surface area contributed by atoms with E-state index in [9.17, 15) is 9.59 Å². The number of hydrogen-bond acceptors (Lipinski definition) is 4. The first-order valence-electron chi connectivity index (χ1n) is 5.93. The zero-order valence-electron chi connectivity index (χ0n) is 9.89. The van der Waals surface area contributed by atoms with Crippen molar-refractivity contribution >= 4 is 29.4 Å². The van der Waals surface area contributed by atoms with Crippen molar-refractivity contribution in [1.29, 1.82) is 0 Å². The second-order valence-corrected chi connectivity index (χ2v) is 5.15. The van der Waals surface area contributed by atoms with Gasteiger partial charge in [-0.25, -0.2) is 5.43 Å². The molecule has 1 fully saturated rings. The van der Waals surface area contributed by atoms with E-state index in [0.717, 1.165) is 30.6 Å². The average molecular weight is 265 g/mol. The molecule has 0 bridgehead atoms. The highest BCUT2D eigenvalue weighted by Gasteiger charge is 2.20. The van der Waals surface area contributed by atoms with Crippen LogP contribution in [0.15, 0.2) is 22.6 Å². The molecule has 1 aliphatic rings. The first-order chi connectivity index (χ1) is 8.75. The van der Waals surface area contributed by atoms with Crippen LogP contribution in [0.2, 0.25) is 0 Å². The molecular weight excluding hydrogens is 250 g/mol. The average Bonchev–Trinajstić information content (AvgIpc) is 3.01. The minimum atomic E-state index is -0.713. The van der Waals surface area contributed by atoms with E-state index in [1.54, 1.807) is 0 Å². The van der Waals surface area contributed by atoms with Crippen LogP contribution in [0.4, 0.5) is 0 Å². The normalized spacial score (nSPS) is 16.0. The van der Waals surface area contributed by atoms with Crippen molar-refractivity contribution in [3.8, 4) is 0 Å². The fraction of sp³-hybridized carbons (Fsp3) is 0.417. The first kappa shape index (κ1) is 12.8. The lowest BCUT2D eigenvalue weighted by molar-refractivity contribution is -0.139. The van der Waals surface area contributed by atoms with Crippen molar-refractivity contribution in [2.24, 2.45) is 5.10 Å². The molecule has 0 spiro atoms. The van der Waals surface area contributed by atoms with Gasteiger partial charge in [0.25, 0.3) is 0 Å². The zero-order chi connectivity index (χ0) is 12.8. The quantitative estimate of drug-likeness (QED) is 0.490. The van der Waals surface area contributed by atoms with Gasteiger partial charge in [0.05, 0.1) is 6.21 Å². The molecular formula is C12H15N3O2S. The predicted molar refractivity (Wildman–Crippen MR) is 70.5 cm³/mol. The maximum atomic E-state index is 11.5. The number of rotatable bonds is 3. The molecule has 1 heterocycles. The number of thiophene rings is 1. The van der Waals surface area contributed by atoms with E-state index >= 15 is 0 Å². The highest BCUT2D eigenvalue weighted by molar-refractivity contribution is 7.11. The molecule has 2 N–H and O–H groups in total. The summed E-state index contributed by atoms with van der Waals surface area (Å²) in [7, 11) is 0. The van der Waals surface area contributed by atoms with Crippen molar-refractivity contribution in [2.75, 3.05) is 0 Å². The van der Waals surface area contributed by atoms with Crippen LogP contribution >= 0.6 is 11.3 Å². The van der Waals surface area contributed by atoms with Crippen LogP contribution < -0.4 is 10.7 Å². The van der Waals surface area contributed by atoms with E-state index in [1.165, 1.54) is 17.6 Å². The molecule has 2 amide bonds. The summed E-state index contributed by atoms with van der Waals surface area (Å²) in [6.07, 6.45) is 5.66. The highest BCUT2D eigenvalue weighted by Crippen LogP contribution is 2.17. The van der Waals surface area contributed by atoms with E-state index < -0.39 is 11.8 Å². The van der Waals surface area contributed by atoms with E-state index in [1.807, 2.05) is 17.5 Å². The summed E-state index contributed by atoms with van der Waals surface area (Å²) in [6.45, 7) is 0. The summed E-state index contributed by atoms with van der Waals surface area (Å²) >= 11 is 1.51. The molecule has 2 rings (SSSR count). The molecule has 1 aliphatic carbocycles. The summed E-state index contributed by atoms with van der Waals surface area (Å²) in [6, 6.07) is 3.91. The van der Waals surface area contributed by atoms with Crippen LogP contribution in [0.1, 0.15) is 30.6 Å². The van der Waals surface area contributed by atoms with Gasteiger partial charge in [0, 0.05) is 10.9 Å². The molecule has 0 unspecified atom stereocenters. The standard InChI is InChI=1S/C12H15N3O2S/c16-11(14-9-4-1-2-5-9)12(17)15-13-8-10-6-3-7-18-10/h3,6-9H,1-2,4-5H2,(H,14,16)(H,15,17). The predicted octanol–water partition coefficient (Wildman–Crippen LogP) is 1.26. The van der Waals surface area contributed by atoms with Gasteiger partial charge in [0.2, 0.25) is 0 Å². The summed E-state index contributed by atoms with van der Waals surface area (Å²) in [5.74, 6) is -1.32. The van der Waals surface area contributed by atoms with Crippen molar-refractivity contribution in [3.05, 3.63) is 22.4 Å².